The second-order valence-electron chi connectivity index (χ2n) is 3.82. The normalized spacial score (nSPS) is 31.8. The van der Waals surface area contributed by atoms with E-state index in [-0.39, 0.29) is 0 Å². The predicted molar refractivity (Wildman–Crippen MR) is 50.1 cm³/mol. The molecule has 0 amide bonds. The van der Waals surface area contributed by atoms with Crippen LogP contribution in [0.4, 0.5) is 0 Å². The predicted octanol–water partition coefficient (Wildman–Crippen LogP) is 1.70. The molecule has 0 bridgehead atoms. The molecule has 70 valence electrons. The fourth-order valence-electron chi connectivity index (χ4n) is 1.95. The van der Waals surface area contributed by atoms with E-state index in [0.717, 1.165) is 18.7 Å². The molecule has 0 saturated carbocycles. The quantitative estimate of drug-likeness (QED) is 0.599. The molecule has 2 unspecified atom stereocenters. The van der Waals surface area contributed by atoms with E-state index in [4.69, 9.17) is 0 Å². The summed E-state index contributed by atoms with van der Waals surface area (Å²) < 4.78 is 0. The van der Waals surface area contributed by atoms with Gasteiger partial charge in [0, 0.05) is 12.6 Å². The van der Waals surface area contributed by atoms with Crippen molar-refractivity contribution in [1.29, 1.82) is 0 Å². The molecule has 0 aromatic rings. The summed E-state index contributed by atoms with van der Waals surface area (Å²) in [7, 11) is 0. The molecular formula is C10H19NO. The van der Waals surface area contributed by atoms with Crippen LogP contribution in [0.25, 0.3) is 0 Å². The molecule has 1 rings (SSSR count). The summed E-state index contributed by atoms with van der Waals surface area (Å²) in [6.07, 6.45) is 4.87. The van der Waals surface area contributed by atoms with Crippen LogP contribution in [-0.2, 0) is 4.79 Å². The van der Waals surface area contributed by atoms with Crippen molar-refractivity contribution in [3.8, 4) is 0 Å². The average molecular weight is 169 g/mol. The van der Waals surface area contributed by atoms with E-state index in [0.29, 0.717) is 12.6 Å². The van der Waals surface area contributed by atoms with E-state index >= 15 is 0 Å². The molecule has 12 heavy (non-hydrogen) atoms. The maximum atomic E-state index is 10.4. The Morgan fingerprint density at radius 3 is 2.83 bits per heavy atom. The first-order valence-electron chi connectivity index (χ1n) is 4.95. The number of likely N-dealkylation sites (tertiary alicyclic amines) is 1. The highest BCUT2D eigenvalue weighted by atomic mass is 16.1. The Labute approximate surface area is 74.9 Å². The van der Waals surface area contributed by atoms with Crippen LogP contribution in [-0.4, -0.2) is 30.3 Å². The molecule has 0 aromatic heterocycles. The van der Waals surface area contributed by atoms with Crippen molar-refractivity contribution in [2.45, 2.75) is 39.2 Å². The standard InChI is InChI=1S/C10H19NO/c1-3-10-5-4-9(2)11(8-10)6-7-12/h7,9-10H,3-6,8H2,1-2H3. The molecule has 1 aliphatic heterocycles. The second kappa shape index (κ2) is 4.61. The fourth-order valence-corrected chi connectivity index (χ4v) is 1.95. The zero-order valence-electron chi connectivity index (χ0n) is 8.12. The Morgan fingerprint density at radius 2 is 2.25 bits per heavy atom. The highest BCUT2D eigenvalue weighted by Crippen LogP contribution is 2.23. The molecule has 2 heteroatoms. The highest BCUT2D eigenvalue weighted by Gasteiger charge is 2.23. The first kappa shape index (κ1) is 9.72. The zero-order valence-corrected chi connectivity index (χ0v) is 8.12. The molecule has 0 spiro atoms. The molecule has 0 N–H and O–H groups in total. The Balaban J connectivity index is 2.41. The lowest BCUT2D eigenvalue weighted by atomic mass is 9.92. The van der Waals surface area contributed by atoms with Gasteiger partial charge >= 0.3 is 0 Å². The van der Waals surface area contributed by atoms with Crippen molar-refractivity contribution in [3.63, 3.8) is 0 Å². The summed E-state index contributed by atoms with van der Waals surface area (Å²) in [6, 6.07) is 0.609. The number of nitrogens with zero attached hydrogens (tertiary/aromatic N) is 1. The molecule has 0 aromatic carbocycles. The van der Waals surface area contributed by atoms with Gasteiger partial charge in [0.05, 0.1) is 6.54 Å². The van der Waals surface area contributed by atoms with E-state index in [1.165, 1.54) is 19.3 Å². The summed E-state index contributed by atoms with van der Waals surface area (Å²) in [5.41, 5.74) is 0. The third-order valence-electron chi connectivity index (χ3n) is 3.00. The van der Waals surface area contributed by atoms with Crippen LogP contribution < -0.4 is 0 Å². The summed E-state index contributed by atoms with van der Waals surface area (Å²) >= 11 is 0. The molecule has 1 aliphatic rings. The van der Waals surface area contributed by atoms with Gasteiger partial charge in [-0.15, -0.1) is 0 Å². The van der Waals surface area contributed by atoms with Gasteiger partial charge in [0.2, 0.25) is 0 Å². The minimum Gasteiger partial charge on any atom is -0.302 e. The minimum absolute atomic E-state index is 0.609. The molecule has 0 aliphatic carbocycles. The first-order chi connectivity index (χ1) is 5.77. The van der Waals surface area contributed by atoms with Gasteiger partial charge in [0.1, 0.15) is 6.29 Å². The number of carbonyl (C=O) groups is 1. The summed E-state index contributed by atoms with van der Waals surface area (Å²) in [5, 5.41) is 0. The van der Waals surface area contributed by atoms with Crippen molar-refractivity contribution in [1.82, 2.24) is 4.90 Å². The van der Waals surface area contributed by atoms with Crippen molar-refractivity contribution >= 4 is 6.29 Å². The molecule has 2 nitrogen and oxygen atoms in total. The van der Waals surface area contributed by atoms with Crippen LogP contribution in [0.1, 0.15) is 33.1 Å². The third kappa shape index (κ3) is 2.31. The van der Waals surface area contributed by atoms with E-state index < -0.39 is 0 Å². The largest absolute Gasteiger partial charge is 0.302 e. The lowest BCUT2D eigenvalue weighted by molar-refractivity contribution is -0.109. The van der Waals surface area contributed by atoms with Crippen LogP contribution in [0.15, 0.2) is 0 Å². The van der Waals surface area contributed by atoms with Crippen LogP contribution in [0.5, 0.6) is 0 Å². The van der Waals surface area contributed by atoms with Crippen molar-refractivity contribution in [2.24, 2.45) is 5.92 Å². The van der Waals surface area contributed by atoms with Gasteiger partial charge in [-0.3, -0.25) is 4.90 Å². The average Bonchev–Trinajstić information content (AvgIpc) is 2.09. The number of hydrogen-bond donors (Lipinski definition) is 0. The number of piperidine rings is 1. The van der Waals surface area contributed by atoms with E-state index in [1.54, 1.807) is 0 Å². The fraction of sp³-hybridized carbons (Fsp3) is 0.900. The van der Waals surface area contributed by atoms with Crippen LogP contribution >= 0.6 is 0 Å². The Morgan fingerprint density at radius 1 is 1.50 bits per heavy atom. The van der Waals surface area contributed by atoms with E-state index in [1.807, 2.05) is 0 Å². The van der Waals surface area contributed by atoms with Crippen molar-refractivity contribution < 1.29 is 4.79 Å². The van der Waals surface area contributed by atoms with Crippen molar-refractivity contribution in [2.75, 3.05) is 13.1 Å². The van der Waals surface area contributed by atoms with Gasteiger partial charge in [-0.1, -0.05) is 13.3 Å². The number of rotatable bonds is 3. The Bertz CT molecular complexity index is 147. The Hall–Kier alpha value is -0.370. The van der Waals surface area contributed by atoms with Gasteiger partial charge in [-0.2, -0.15) is 0 Å². The molecule has 2 atom stereocenters. The van der Waals surface area contributed by atoms with Crippen LogP contribution in [0, 0.1) is 5.92 Å². The molecule has 0 radical (unpaired) electrons. The van der Waals surface area contributed by atoms with Gasteiger partial charge in [0.15, 0.2) is 0 Å². The molecular weight excluding hydrogens is 150 g/mol. The monoisotopic (exact) mass is 169 g/mol. The maximum absolute atomic E-state index is 10.4. The smallest absolute Gasteiger partial charge is 0.133 e. The summed E-state index contributed by atoms with van der Waals surface area (Å²) in [4.78, 5) is 12.7. The lowest BCUT2D eigenvalue weighted by Crippen LogP contribution is -2.42. The number of carbonyl (C=O) groups excluding carboxylic acids is 1. The number of aldehydes is 1. The summed E-state index contributed by atoms with van der Waals surface area (Å²) in [5.74, 6) is 0.821. The van der Waals surface area contributed by atoms with Crippen LogP contribution in [0.3, 0.4) is 0 Å². The van der Waals surface area contributed by atoms with E-state index in [9.17, 15) is 4.79 Å². The van der Waals surface area contributed by atoms with Gasteiger partial charge < -0.3 is 4.79 Å². The van der Waals surface area contributed by atoms with Gasteiger partial charge in [-0.25, -0.2) is 0 Å². The number of hydrogen-bond acceptors (Lipinski definition) is 2. The lowest BCUT2D eigenvalue weighted by Gasteiger charge is -2.36. The van der Waals surface area contributed by atoms with Gasteiger partial charge in [0.25, 0.3) is 0 Å². The molecule has 1 heterocycles. The maximum Gasteiger partial charge on any atom is 0.133 e. The Kier molecular flexibility index (Phi) is 3.73. The SMILES string of the molecule is CCC1CCC(C)N(CC=O)C1. The topological polar surface area (TPSA) is 20.3 Å². The second-order valence-corrected chi connectivity index (χ2v) is 3.82. The van der Waals surface area contributed by atoms with E-state index in [2.05, 4.69) is 18.7 Å². The van der Waals surface area contributed by atoms with Gasteiger partial charge in [-0.05, 0) is 25.7 Å². The third-order valence-corrected chi connectivity index (χ3v) is 3.00. The van der Waals surface area contributed by atoms with Crippen molar-refractivity contribution in [3.05, 3.63) is 0 Å². The zero-order chi connectivity index (χ0) is 8.97. The minimum atomic E-state index is 0.609. The summed E-state index contributed by atoms with van der Waals surface area (Å²) in [6.45, 7) is 6.20. The first-order valence-corrected chi connectivity index (χ1v) is 4.95. The molecule has 1 fully saturated rings. The van der Waals surface area contributed by atoms with Crippen LogP contribution in [0.2, 0.25) is 0 Å². The molecule has 1 saturated heterocycles. The highest BCUT2D eigenvalue weighted by molar-refractivity contribution is 5.52.